The van der Waals surface area contributed by atoms with E-state index in [1.54, 1.807) is 0 Å². The summed E-state index contributed by atoms with van der Waals surface area (Å²) in [7, 11) is 0. The van der Waals surface area contributed by atoms with Crippen LogP contribution in [0.2, 0.25) is 0 Å². The van der Waals surface area contributed by atoms with Crippen molar-refractivity contribution in [2.24, 2.45) is 0 Å². The van der Waals surface area contributed by atoms with E-state index in [1.165, 1.54) is 54.8 Å². The summed E-state index contributed by atoms with van der Waals surface area (Å²) in [6.45, 7) is 0. The Morgan fingerprint density at radius 2 is 0.782 bits per heavy atom. The van der Waals surface area contributed by atoms with Crippen LogP contribution in [0.15, 0.2) is 199 Å². The number of aromatic nitrogens is 4. The van der Waals surface area contributed by atoms with Gasteiger partial charge in [-0.3, -0.25) is 0 Å². The first-order valence-electron chi connectivity index (χ1n) is 18.5. The van der Waals surface area contributed by atoms with E-state index < -0.39 is 0 Å². The Kier molecular flexibility index (Phi) is 7.10. The quantitative estimate of drug-likeness (QED) is 0.173. The zero-order valence-corrected chi connectivity index (χ0v) is 29.7. The average molecular weight is 705 g/mol. The number of hydrogen-bond acceptors (Lipinski definition) is 3. The van der Waals surface area contributed by atoms with Crippen molar-refractivity contribution in [3.63, 3.8) is 0 Å². The SMILES string of the molecule is c1ccc(-c2ccc3c(c2)c2cc(-c4ccccc4)ccc2n3-c2ccc3c(c2)c2ccccc2n3-c2ccc(-c3nc(-c4ccccc4)no3)cc2)cc1. The third-order valence-electron chi connectivity index (χ3n) is 10.7. The normalized spacial score (nSPS) is 11.6. The molecule has 0 fully saturated rings. The number of nitrogens with zero attached hydrogens (tertiary/aromatic N) is 4. The van der Waals surface area contributed by atoms with Crippen LogP contribution >= 0.6 is 0 Å². The monoisotopic (exact) mass is 704 g/mol. The van der Waals surface area contributed by atoms with Crippen LogP contribution in [0.4, 0.5) is 0 Å². The van der Waals surface area contributed by atoms with Gasteiger partial charge in [0.25, 0.3) is 5.89 Å². The summed E-state index contributed by atoms with van der Waals surface area (Å²) in [5.74, 6) is 1.07. The van der Waals surface area contributed by atoms with Gasteiger partial charge in [-0.1, -0.05) is 126 Å². The molecule has 0 bridgehead atoms. The zero-order chi connectivity index (χ0) is 36.3. The molecule has 3 aromatic heterocycles. The predicted octanol–water partition coefficient (Wildman–Crippen LogP) is 12.9. The molecule has 11 rings (SSSR count). The lowest BCUT2D eigenvalue weighted by molar-refractivity contribution is 0.432. The van der Waals surface area contributed by atoms with Crippen molar-refractivity contribution < 1.29 is 4.52 Å². The van der Waals surface area contributed by atoms with Gasteiger partial charge < -0.3 is 13.7 Å². The van der Waals surface area contributed by atoms with Crippen LogP contribution in [0.5, 0.6) is 0 Å². The molecule has 0 spiro atoms. The molecule has 0 aliphatic heterocycles. The summed E-state index contributed by atoms with van der Waals surface area (Å²) in [6, 6.07) is 68.8. The Balaban J connectivity index is 1.05. The highest BCUT2D eigenvalue weighted by molar-refractivity contribution is 6.13. The van der Waals surface area contributed by atoms with E-state index in [9.17, 15) is 0 Å². The Morgan fingerprint density at radius 3 is 1.40 bits per heavy atom. The molecule has 0 unspecified atom stereocenters. The lowest BCUT2D eigenvalue weighted by Gasteiger charge is -2.11. The predicted molar refractivity (Wildman–Crippen MR) is 225 cm³/mol. The van der Waals surface area contributed by atoms with Crippen LogP contribution in [0.3, 0.4) is 0 Å². The molecule has 0 amide bonds. The summed E-state index contributed by atoms with van der Waals surface area (Å²) < 4.78 is 10.4. The Hall–Kier alpha value is -7.50. The molecule has 0 saturated heterocycles. The second-order valence-electron chi connectivity index (χ2n) is 13.9. The molecule has 5 nitrogen and oxygen atoms in total. The second-order valence-corrected chi connectivity index (χ2v) is 13.9. The first-order valence-corrected chi connectivity index (χ1v) is 18.5. The molecule has 0 atom stereocenters. The van der Waals surface area contributed by atoms with Crippen LogP contribution in [0.1, 0.15) is 0 Å². The van der Waals surface area contributed by atoms with E-state index in [4.69, 9.17) is 4.52 Å². The molecule has 11 aromatic rings. The fourth-order valence-electron chi connectivity index (χ4n) is 8.10. The molecular weight excluding hydrogens is 673 g/mol. The molecule has 0 aliphatic carbocycles. The smallest absolute Gasteiger partial charge is 0.258 e. The molecular formula is C50H32N4O. The van der Waals surface area contributed by atoms with Crippen LogP contribution in [-0.4, -0.2) is 19.3 Å². The van der Waals surface area contributed by atoms with E-state index in [0.29, 0.717) is 11.7 Å². The fourth-order valence-corrected chi connectivity index (χ4v) is 8.10. The van der Waals surface area contributed by atoms with E-state index in [-0.39, 0.29) is 0 Å². The highest BCUT2D eigenvalue weighted by atomic mass is 16.5. The lowest BCUT2D eigenvalue weighted by atomic mass is 10.0. The molecule has 55 heavy (non-hydrogen) atoms. The van der Waals surface area contributed by atoms with Crippen molar-refractivity contribution in [1.29, 1.82) is 0 Å². The van der Waals surface area contributed by atoms with Gasteiger partial charge in [-0.05, 0) is 95.1 Å². The average Bonchev–Trinajstić information content (AvgIpc) is 3.97. The van der Waals surface area contributed by atoms with Gasteiger partial charge in [-0.15, -0.1) is 0 Å². The summed E-state index contributed by atoms with van der Waals surface area (Å²) in [5.41, 5.74) is 13.4. The third-order valence-corrected chi connectivity index (χ3v) is 10.7. The van der Waals surface area contributed by atoms with Crippen molar-refractivity contribution in [3.05, 3.63) is 194 Å². The largest absolute Gasteiger partial charge is 0.334 e. The Labute approximate surface area is 317 Å². The highest BCUT2D eigenvalue weighted by Crippen LogP contribution is 2.40. The van der Waals surface area contributed by atoms with Gasteiger partial charge in [-0.25, -0.2) is 0 Å². The zero-order valence-electron chi connectivity index (χ0n) is 29.7. The van der Waals surface area contributed by atoms with Crippen molar-refractivity contribution in [2.45, 2.75) is 0 Å². The lowest BCUT2D eigenvalue weighted by Crippen LogP contribution is -1.96. The minimum Gasteiger partial charge on any atom is -0.334 e. The number of benzene rings is 8. The van der Waals surface area contributed by atoms with E-state index in [2.05, 4.69) is 183 Å². The molecule has 0 radical (unpaired) electrons. The number of rotatable bonds is 6. The molecule has 0 aliphatic rings. The van der Waals surface area contributed by atoms with E-state index in [1.807, 2.05) is 30.3 Å². The molecule has 5 heteroatoms. The molecule has 0 saturated carbocycles. The van der Waals surface area contributed by atoms with Gasteiger partial charge in [0.1, 0.15) is 0 Å². The summed E-state index contributed by atoms with van der Waals surface area (Å²) >= 11 is 0. The number of fused-ring (bicyclic) bond motifs is 6. The van der Waals surface area contributed by atoms with Gasteiger partial charge in [-0.2, -0.15) is 4.98 Å². The van der Waals surface area contributed by atoms with Crippen LogP contribution in [0, 0.1) is 0 Å². The maximum atomic E-state index is 5.67. The van der Waals surface area contributed by atoms with Gasteiger partial charge in [0.15, 0.2) is 0 Å². The third kappa shape index (κ3) is 5.17. The van der Waals surface area contributed by atoms with Gasteiger partial charge in [0.2, 0.25) is 5.82 Å². The highest BCUT2D eigenvalue weighted by Gasteiger charge is 2.18. The second kappa shape index (κ2) is 12.6. The van der Waals surface area contributed by atoms with Crippen LogP contribution in [-0.2, 0) is 0 Å². The Bertz CT molecular complexity index is 3080. The summed E-state index contributed by atoms with van der Waals surface area (Å²) in [5, 5.41) is 9.08. The van der Waals surface area contributed by atoms with Crippen molar-refractivity contribution in [2.75, 3.05) is 0 Å². The minimum atomic E-state index is 0.496. The van der Waals surface area contributed by atoms with Crippen molar-refractivity contribution in [3.8, 4) is 56.5 Å². The standard InChI is InChI=1S/C50H32N4O/c1-4-12-33(13-5-1)37-22-27-46-42(30-37)43-31-38(34-14-6-2-7-15-34)23-28-47(43)54(46)40-26-29-48-44(32-40)41-18-10-11-19-45(41)53(48)39-24-20-36(21-25-39)50-51-49(52-55-50)35-16-8-3-9-17-35/h1-32H. The van der Waals surface area contributed by atoms with Gasteiger partial charge in [0.05, 0.1) is 22.1 Å². The molecule has 0 N–H and O–H groups in total. The number of hydrogen-bond donors (Lipinski definition) is 0. The van der Waals surface area contributed by atoms with Gasteiger partial charge in [0, 0.05) is 44.0 Å². The fraction of sp³-hybridized carbons (Fsp3) is 0. The molecule has 8 aromatic carbocycles. The Morgan fingerprint density at radius 1 is 0.327 bits per heavy atom. The maximum Gasteiger partial charge on any atom is 0.258 e. The molecule has 258 valence electrons. The summed E-state index contributed by atoms with van der Waals surface area (Å²) in [6.07, 6.45) is 0. The molecule has 3 heterocycles. The van der Waals surface area contributed by atoms with E-state index >= 15 is 0 Å². The maximum absolute atomic E-state index is 5.67. The van der Waals surface area contributed by atoms with Crippen LogP contribution in [0.25, 0.3) is 100 Å². The first-order chi connectivity index (χ1) is 27.3. The summed E-state index contributed by atoms with van der Waals surface area (Å²) in [4.78, 5) is 4.67. The minimum absolute atomic E-state index is 0.496. The first kappa shape index (κ1) is 31.1. The van der Waals surface area contributed by atoms with Crippen molar-refractivity contribution in [1.82, 2.24) is 19.3 Å². The van der Waals surface area contributed by atoms with Crippen LogP contribution < -0.4 is 0 Å². The van der Waals surface area contributed by atoms with Crippen molar-refractivity contribution >= 4 is 43.6 Å². The topological polar surface area (TPSA) is 48.8 Å². The van der Waals surface area contributed by atoms with Gasteiger partial charge >= 0.3 is 0 Å². The number of para-hydroxylation sites is 1. The van der Waals surface area contributed by atoms with E-state index in [0.717, 1.165) is 33.5 Å².